The molecule has 26 heavy (non-hydrogen) atoms. The number of aliphatic carboxylic acids is 1. The number of carboxylic acid groups (broad SMARTS) is 1. The average molecular weight is 392 g/mol. The second kappa shape index (κ2) is 8.62. The van der Waals surface area contributed by atoms with Crippen molar-refractivity contribution in [3.05, 3.63) is 45.3 Å². The standard InChI is InChI=1S/C16H17ClF3N3O3/c17-11-3-1-9(2-4-11)13(14(15(24)25)22-23-21)10-5-6-26-12(7-10)8-16(18,19)20/h1-4,10,12-14H,5-8H2,(H,24,25)/t10-,12+,13-,14-/m0/s1. The number of azide groups is 1. The Balaban J connectivity index is 2.34. The highest BCUT2D eigenvalue weighted by molar-refractivity contribution is 6.30. The number of benzene rings is 1. The van der Waals surface area contributed by atoms with Gasteiger partial charge in [-0.3, -0.25) is 4.79 Å². The largest absolute Gasteiger partial charge is 0.481 e. The van der Waals surface area contributed by atoms with Crippen LogP contribution in [0.15, 0.2) is 29.4 Å². The fourth-order valence-electron chi connectivity index (χ4n) is 3.36. The molecule has 1 aliphatic heterocycles. The second-order valence-electron chi connectivity index (χ2n) is 6.16. The van der Waals surface area contributed by atoms with Crippen molar-refractivity contribution in [2.75, 3.05) is 6.61 Å². The quantitative estimate of drug-likeness (QED) is 0.423. The van der Waals surface area contributed by atoms with E-state index in [1.165, 1.54) is 0 Å². The molecule has 4 atom stereocenters. The molecule has 142 valence electrons. The molecule has 0 spiro atoms. The molecule has 0 bridgehead atoms. The van der Waals surface area contributed by atoms with Crippen LogP contribution in [0.3, 0.4) is 0 Å². The van der Waals surface area contributed by atoms with E-state index in [-0.39, 0.29) is 13.0 Å². The molecule has 10 heteroatoms. The molecule has 1 N–H and O–H groups in total. The molecule has 0 aliphatic carbocycles. The van der Waals surface area contributed by atoms with Crippen LogP contribution in [-0.4, -0.2) is 36.0 Å². The molecular weight excluding hydrogens is 375 g/mol. The van der Waals surface area contributed by atoms with Crippen LogP contribution in [0.25, 0.3) is 10.4 Å². The second-order valence-corrected chi connectivity index (χ2v) is 6.60. The first kappa shape index (κ1) is 20.4. The maximum absolute atomic E-state index is 12.7. The Kier molecular flexibility index (Phi) is 6.75. The minimum absolute atomic E-state index is 0.0253. The third-order valence-electron chi connectivity index (χ3n) is 4.40. The molecule has 1 aromatic rings. The van der Waals surface area contributed by atoms with Gasteiger partial charge >= 0.3 is 12.1 Å². The van der Waals surface area contributed by atoms with Gasteiger partial charge in [-0.15, -0.1) is 0 Å². The van der Waals surface area contributed by atoms with Gasteiger partial charge in [-0.1, -0.05) is 28.8 Å². The van der Waals surface area contributed by atoms with Crippen LogP contribution in [0, 0.1) is 5.92 Å². The zero-order valence-electron chi connectivity index (χ0n) is 13.6. The van der Waals surface area contributed by atoms with Crippen LogP contribution >= 0.6 is 11.6 Å². The number of hydrogen-bond donors (Lipinski definition) is 1. The number of hydrogen-bond acceptors (Lipinski definition) is 3. The molecular formula is C16H17ClF3N3O3. The van der Waals surface area contributed by atoms with Crippen LogP contribution in [0.5, 0.6) is 0 Å². The zero-order valence-corrected chi connectivity index (χ0v) is 14.3. The monoisotopic (exact) mass is 391 g/mol. The third kappa shape index (κ3) is 5.52. The van der Waals surface area contributed by atoms with Gasteiger partial charge in [-0.25, -0.2) is 0 Å². The van der Waals surface area contributed by atoms with Crippen molar-refractivity contribution < 1.29 is 27.8 Å². The Morgan fingerprint density at radius 1 is 1.42 bits per heavy atom. The Morgan fingerprint density at radius 3 is 2.62 bits per heavy atom. The predicted octanol–water partition coefficient (Wildman–Crippen LogP) is 4.93. The van der Waals surface area contributed by atoms with Crippen LogP contribution < -0.4 is 0 Å². The average Bonchev–Trinajstić information content (AvgIpc) is 2.54. The minimum Gasteiger partial charge on any atom is -0.481 e. The highest BCUT2D eigenvalue weighted by Gasteiger charge is 2.41. The van der Waals surface area contributed by atoms with Crippen molar-refractivity contribution in [2.24, 2.45) is 11.0 Å². The lowest BCUT2D eigenvalue weighted by Gasteiger charge is -2.36. The highest BCUT2D eigenvalue weighted by Crippen LogP contribution is 2.40. The van der Waals surface area contributed by atoms with Crippen LogP contribution in [0.4, 0.5) is 13.2 Å². The predicted molar refractivity (Wildman–Crippen MR) is 87.9 cm³/mol. The van der Waals surface area contributed by atoms with Crippen molar-refractivity contribution in [1.82, 2.24) is 0 Å². The number of nitrogens with zero attached hydrogens (tertiary/aromatic N) is 3. The number of carboxylic acids is 1. The third-order valence-corrected chi connectivity index (χ3v) is 4.65. The van der Waals surface area contributed by atoms with E-state index >= 15 is 0 Å². The van der Waals surface area contributed by atoms with Gasteiger partial charge in [0.15, 0.2) is 0 Å². The van der Waals surface area contributed by atoms with E-state index in [2.05, 4.69) is 10.0 Å². The summed E-state index contributed by atoms with van der Waals surface area (Å²) in [7, 11) is 0. The van der Waals surface area contributed by atoms with E-state index in [1.54, 1.807) is 24.3 Å². The van der Waals surface area contributed by atoms with Gasteiger partial charge in [-0.2, -0.15) is 13.2 Å². The van der Waals surface area contributed by atoms with Gasteiger partial charge in [-0.05, 0) is 42.0 Å². The Labute approximate surface area is 152 Å². The molecule has 1 aliphatic rings. The van der Waals surface area contributed by atoms with Gasteiger partial charge < -0.3 is 9.84 Å². The van der Waals surface area contributed by atoms with Crippen LogP contribution in [0.1, 0.15) is 30.7 Å². The number of rotatable bonds is 6. The van der Waals surface area contributed by atoms with Gasteiger partial charge in [0, 0.05) is 22.5 Å². The molecule has 1 heterocycles. The summed E-state index contributed by atoms with van der Waals surface area (Å²) in [5.74, 6) is -2.55. The lowest BCUT2D eigenvalue weighted by molar-refractivity contribution is -0.170. The normalized spacial score (nSPS) is 22.9. The maximum Gasteiger partial charge on any atom is 0.391 e. The van der Waals surface area contributed by atoms with E-state index in [4.69, 9.17) is 21.9 Å². The Bertz CT molecular complexity index is 676. The minimum atomic E-state index is -4.38. The summed E-state index contributed by atoms with van der Waals surface area (Å²) in [4.78, 5) is 14.2. The number of alkyl halides is 3. The zero-order chi connectivity index (χ0) is 19.3. The fourth-order valence-corrected chi connectivity index (χ4v) is 3.49. The molecule has 1 aromatic carbocycles. The van der Waals surface area contributed by atoms with E-state index in [9.17, 15) is 23.1 Å². The maximum atomic E-state index is 12.7. The van der Waals surface area contributed by atoms with Gasteiger partial charge in [0.2, 0.25) is 0 Å². The SMILES string of the molecule is [N-]=[N+]=N[C@H](C(=O)O)[C@@H](c1ccc(Cl)cc1)[C@H]1CCO[C@@H](CC(F)(F)F)C1. The molecule has 0 radical (unpaired) electrons. The summed E-state index contributed by atoms with van der Waals surface area (Å²) in [6.07, 6.45) is -6.14. The first-order chi connectivity index (χ1) is 12.2. The molecule has 0 amide bonds. The van der Waals surface area contributed by atoms with Gasteiger partial charge in [0.05, 0.1) is 12.5 Å². The van der Waals surface area contributed by atoms with Crippen molar-refractivity contribution in [3.63, 3.8) is 0 Å². The smallest absolute Gasteiger partial charge is 0.391 e. The summed E-state index contributed by atoms with van der Waals surface area (Å²) < 4.78 is 43.3. The van der Waals surface area contributed by atoms with Crippen molar-refractivity contribution in [3.8, 4) is 0 Å². The number of halogens is 4. The first-order valence-corrected chi connectivity index (χ1v) is 8.30. The molecule has 0 unspecified atom stereocenters. The molecule has 6 nitrogen and oxygen atoms in total. The van der Waals surface area contributed by atoms with Crippen LogP contribution in [-0.2, 0) is 9.53 Å². The molecule has 2 rings (SSSR count). The topological polar surface area (TPSA) is 95.3 Å². The van der Waals surface area contributed by atoms with E-state index in [1.807, 2.05) is 0 Å². The summed E-state index contributed by atoms with van der Waals surface area (Å²) in [5, 5.41) is 13.3. The lowest BCUT2D eigenvalue weighted by atomic mass is 9.75. The van der Waals surface area contributed by atoms with Crippen molar-refractivity contribution in [1.29, 1.82) is 0 Å². The lowest BCUT2D eigenvalue weighted by Crippen LogP contribution is -2.38. The van der Waals surface area contributed by atoms with Gasteiger partial charge in [0.1, 0.15) is 6.04 Å². The summed E-state index contributed by atoms with van der Waals surface area (Å²) in [5.41, 5.74) is 9.28. The molecule has 0 aromatic heterocycles. The fraction of sp³-hybridized carbons (Fsp3) is 0.562. The number of carbonyl (C=O) groups is 1. The first-order valence-electron chi connectivity index (χ1n) is 7.92. The molecule has 0 saturated carbocycles. The van der Waals surface area contributed by atoms with Gasteiger partial charge in [0.25, 0.3) is 0 Å². The summed E-state index contributed by atoms with van der Waals surface area (Å²) >= 11 is 5.86. The number of ether oxygens (including phenoxy) is 1. The van der Waals surface area contributed by atoms with E-state index in [0.717, 1.165) is 0 Å². The molecule has 1 saturated heterocycles. The molecule has 1 fully saturated rings. The highest BCUT2D eigenvalue weighted by atomic mass is 35.5. The Hall–Kier alpha value is -1.96. The van der Waals surface area contributed by atoms with Crippen molar-refractivity contribution >= 4 is 17.6 Å². The van der Waals surface area contributed by atoms with E-state index in [0.29, 0.717) is 17.0 Å². The summed E-state index contributed by atoms with van der Waals surface area (Å²) in [6.45, 7) is 0.0815. The summed E-state index contributed by atoms with van der Waals surface area (Å²) in [6, 6.07) is 4.89. The van der Waals surface area contributed by atoms with Crippen LogP contribution in [0.2, 0.25) is 5.02 Å². The van der Waals surface area contributed by atoms with E-state index < -0.39 is 42.5 Å². The van der Waals surface area contributed by atoms with Crippen molar-refractivity contribution in [2.45, 2.75) is 43.5 Å². The Morgan fingerprint density at radius 2 is 2.08 bits per heavy atom.